The van der Waals surface area contributed by atoms with Crippen molar-refractivity contribution >= 4 is 17.9 Å². The van der Waals surface area contributed by atoms with E-state index in [1.165, 1.54) is 302 Å². The molecule has 0 spiro atoms. The minimum absolute atomic E-state index is 0.0711. The smallest absolute Gasteiger partial charge is 0.306 e. The topological polar surface area (TPSA) is 78.9 Å². The summed E-state index contributed by atoms with van der Waals surface area (Å²) in [6.45, 7) is 6.70. The summed E-state index contributed by atoms with van der Waals surface area (Å²) in [5, 5.41) is 0. The Labute approximate surface area is 518 Å². The minimum Gasteiger partial charge on any atom is -0.462 e. The van der Waals surface area contributed by atoms with E-state index < -0.39 is 6.10 Å². The fourth-order valence-corrected chi connectivity index (χ4v) is 11.5. The summed E-state index contributed by atoms with van der Waals surface area (Å²) in [6, 6.07) is 0. The van der Waals surface area contributed by atoms with Crippen molar-refractivity contribution in [1.82, 2.24) is 0 Å². The Balaban J connectivity index is 4.25. The van der Waals surface area contributed by atoms with E-state index in [1.54, 1.807) is 0 Å². The lowest BCUT2D eigenvalue weighted by Gasteiger charge is -2.18. The number of hydrogen-bond donors (Lipinski definition) is 0. The average Bonchev–Trinajstić information content (AvgIpc) is 3.50. The van der Waals surface area contributed by atoms with Crippen LogP contribution in [0.4, 0.5) is 0 Å². The number of ether oxygens (including phenoxy) is 3. The first-order valence-electron chi connectivity index (χ1n) is 37.5. The molecule has 0 aromatic rings. The van der Waals surface area contributed by atoms with Gasteiger partial charge in [0, 0.05) is 19.3 Å². The fraction of sp³-hybridized carbons (Fsp3) is 0.883. The second-order valence-electron chi connectivity index (χ2n) is 25.6. The number of carbonyl (C=O) groups excluding carboxylic acids is 3. The van der Waals surface area contributed by atoms with Gasteiger partial charge in [-0.2, -0.15) is 0 Å². The predicted octanol–water partition coefficient (Wildman–Crippen LogP) is 25.9. The Morgan fingerprint density at radius 3 is 0.687 bits per heavy atom. The summed E-state index contributed by atoms with van der Waals surface area (Å²) in [5.74, 6) is -0.852. The molecule has 0 aliphatic carbocycles. The molecule has 0 heterocycles. The van der Waals surface area contributed by atoms with E-state index in [2.05, 4.69) is 57.2 Å². The van der Waals surface area contributed by atoms with Crippen molar-refractivity contribution in [3.63, 3.8) is 0 Å². The minimum atomic E-state index is -0.777. The number of allylic oxidation sites excluding steroid dienone is 6. The Kier molecular flexibility index (Phi) is 70.0. The van der Waals surface area contributed by atoms with Gasteiger partial charge in [0.05, 0.1) is 0 Å². The summed E-state index contributed by atoms with van der Waals surface area (Å²) >= 11 is 0. The highest BCUT2D eigenvalue weighted by Gasteiger charge is 2.20. The zero-order chi connectivity index (χ0) is 59.9. The fourth-order valence-electron chi connectivity index (χ4n) is 11.5. The Morgan fingerprint density at radius 2 is 0.434 bits per heavy atom. The highest BCUT2D eigenvalue weighted by atomic mass is 16.6. The van der Waals surface area contributed by atoms with Crippen molar-refractivity contribution in [2.45, 2.75) is 425 Å². The summed E-state index contributed by atoms with van der Waals surface area (Å²) in [5.41, 5.74) is 0. The maximum absolute atomic E-state index is 13.0. The maximum Gasteiger partial charge on any atom is 0.306 e. The van der Waals surface area contributed by atoms with E-state index in [1.807, 2.05) is 0 Å². The Morgan fingerprint density at radius 1 is 0.241 bits per heavy atom. The third kappa shape index (κ3) is 70.3. The van der Waals surface area contributed by atoms with Crippen molar-refractivity contribution < 1.29 is 28.6 Å². The molecule has 0 fully saturated rings. The molecule has 0 N–H and O–H groups in total. The van der Waals surface area contributed by atoms with Crippen LogP contribution in [-0.4, -0.2) is 37.2 Å². The zero-order valence-corrected chi connectivity index (χ0v) is 56.2. The molecule has 1 atom stereocenters. The largest absolute Gasteiger partial charge is 0.462 e. The molecule has 0 aliphatic rings. The maximum atomic E-state index is 13.0. The van der Waals surface area contributed by atoms with Gasteiger partial charge in [0.2, 0.25) is 0 Å². The molecule has 0 bridgehead atoms. The SMILES string of the molecule is CCCCCC/C=C\C/C=C\CCCCCCCC(=O)OCC(COC(=O)CCCCCCCCCCCCCCCCC/C=C\CCCCCCCCCC)OC(=O)CCCCCCCCCCCCCCCCCCCCCCCC. The molecule has 0 aromatic carbocycles. The molecule has 1 unspecified atom stereocenters. The summed E-state index contributed by atoms with van der Waals surface area (Å²) in [6.07, 6.45) is 90.4. The van der Waals surface area contributed by atoms with Gasteiger partial charge in [-0.15, -0.1) is 0 Å². The molecule has 0 aliphatic heterocycles. The van der Waals surface area contributed by atoms with Gasteiger partial charge >= 0.3 is 17.9 Å². The second-order valence-corrected chi connectivity index (χ2v) is 25.6. The normalized spacial score (nSPS) is 12.2. The van der Waals surface area contributed by atoms with Crippen LogP contribution in [0.3, 0.4) is 0 Å². The van der Waals surface area contributed by atoms with Crippen molar-refractivity contribution in [1.29, 1.82) is 0 Å². The van der Waals surface area contributed by atoms with Gasteiger partial charge in [-0.1, -0.05) is 359 Å². The summed E-state index contributed by atoms with van der Waals surface area (Å²) in [4.78, 5) is 38.5. The van der Waals surface area contributed by atoms with Crippen LogP contribution in [0.2, 0.25) is 0 Å². The van der Waals surface area contributed by atoms with Crippen LogP contribution in [-0.2, 0) is 28.6 Å². The molecule has 0 aromatic heterocycles. The number of hydrogen-bond acceptors (Lipinski definition) is 6. The molecular weight excluding hydrogens is 1020 g/mol. The van der Waals surface area contributed by atoms with Crippen molar-refractivity contribution in [2.24, 2.45) is 0 Å². The molecule has 0 saturated heterocycles. The highest BCUT2D eigenvalue weighted by molar-refractivity contribution is 5.71. The lowest BCUT2D eigenvalue weighted by Crippen LogP contribution is -2.30. The van der Waals surface area contributed by atoms with Crippen LogP contribution in [0.25, 0.3) is 0 Å². The molecule has 0 radical (unpaired) electrons. The van der Waals surface area contributed by atoms with Gasteiger partial charge in [0.1, 0.15) is 13.2 Å². The van der Waals surface area contributed by atoms with E-state index in [9.17, 15) is 14.4 Å². The van der Waals surface area contributed by atoms with Crippen LogP contribution in [0.5, 0.6) is 0 Å². The van der Waals surface area contributed by atoms with Crippen LogP contribution in [0.15, 0.2) is 36.5 Å². The van der Waals surface area contributed by atoms with Crippen LogP contribution in [0, 0.1) is 0 Å². The Bertz CT molecular complexity index is 1380. The van der Waals surface area contributed by atoms with Crippen LogP contribution < -0.4 is 0 Å². The van der Waals surface area contributed by atoms with E-state index in [-0.39, 0.29) is 31.1 Å². The van der Waals surface area contributed by atoms with Gasteiger partial charge in [0.15, 0.2) is 6.10 Å². The molecule has 83 heavy (non-hydrogen) atoms. The van der Waals surface area contributed by atoms with Gasteiger partial charge < -0.3 is 14.2 Å². The molecule has 488 valence electrons. The van der Waals surface area contributed by atoms with Gasteiger partial charge in [-0.25, -0.2) is 0 Å². The monoisotopic (exact) mass is 1170 g/mol. The van der Waals surface area contributed by atoms with Crippen molar-refractivity contribution in [3.05, 3.63) is 36.5 Å². The van der Waals surface area contributed by atoms with Gasteiger partial charge in [-0.3, -0.25) is 14.4 Å². The molecular formula is C77H144O6. The number of rotatable bonds is 70. The van der Waals surface area contributed by atoms with E-state index in [0.717, 1.165) is 77.0 Å². The lowest BCUT2D eigenvalue weighted by atomic mass is 10.0. The van der Waals surface area contributed by atoms with Crippen LogP contribution in [0.1, 0.15) is 419 Å². The third-order valence-electron chi connectivity index (χ3n) is 17.1. The Hall–Kier alpha value is -2.37. The number of unbranched alkanes of at least 4 members (excludes halogenated alkanes) is 53. The first-order valence-corrected chi connectivity index (χ1v) is 37.5. The van der Waals surface area contributed by atoms with Crippen molar-refractivity contribution in [3.8, 4) is 0 Å². The van der Waals surface area contributed by atoms with E-state index in [0.29, 0.717) is 19.3 Å². The molecule has 0 saturated carbocycles. The highest BCUT2D eigenvalue weighted by Crippen LogP contribution is 2.19. The average molecular weight is 1170 g/mol. The summed E-state index contributed by atoms with van der Waals surface area (Å²) in [7, 11) is 0. The predicted molar refractivity (Wildman–Crippen MR) is 362 cm³/mol. The van der Waals surface area contributed by atoms with Crippen molar-refractivity contribution in [2.75, 3.05) is 13.2 Å². The quantitative estimate of drug-likeness (QED) is 0.0261. The standard InChI is InChI=1S/C77H144O6/c1-4-7-10-13-16-19-22-25-28-31-33-35-37-38-39-40-41-43-44-46-49-52-55-58-61-64-67-70-76(79)82-73-74(72-81-75(78)69-66-63-60-57-54-51-48-30-27-24-21-18-15-12-9-6-3)83-77(80)71-68-65-62-59-56-53-50-47-45-42-36-34-32-29-26-23-20-17-14-11-8-5-2/h21,24,30-31,33,48,74H,4-20,22-23,25-29,32,34-47,49-73H2,1-3H3/b24-21-,33-31-,48-30-. The first kappa shape index (κ1) is 80.6. The second kappa shape index (κ2) is 72.1. The lowest BCUT2D eigenvalue weighted by molar-refractivity contribution is -0.167. The van der Waals surface area contributed by atoms with Gasteiger partial charge in [0.25, 0.3) is 0 Å². The van der Waals surface area contributed by atoms with E-state index in [4.69, 9.17) is 14.2 Å². The summed E-state index contributed by atoms with van der Waals surface area (Å²) < 4.78 is 17.0. The van der Waals surface area contributed by atoms with E-state index >= 15 is 0 Å². The number of esters is 3. The molecule has 0 amide bonds. The number of carbonyl (C=O) groups is 3. The van der Waals surface area contributed by atoms with Crippen LogP contribution >= 0.6 is 0 Å². The first-order chi connectivity index (χ1) is 41.0. The molecule has 0 rings (SSSR count). The molecule has 6 nitrogen and oxygen atoms in total. The van der Waals surface area contributed by atoms with Gasteiger partial charge in [-0.05, 0) is 77.0 Å². The molecule has 6 heteroatoms. The third-order valence-corrected chi connectivity index (χ3v) is 17.1. The zero-order valence-electron chi connectivity index (χ0n) is 56.2.